The minimum atomic E-state index is -4.74. The van der Waals surface area contributed by atoms with E-state index in [4.69, 9.17) is 4.74 Å². The Kier molecular flexibility index (Phi) is 7.29. The highest BCUT2D eigenvalue weighted by molar-refractivity contribution is 8.00. The van der Waals surface area contributed by atoms with Crippen molar-refractivity contribution in [3.63, 3.8) is 0 Å². The van der Waals surface area contributed by atoms with Crippen molar-refractivity contribution in [2.24, 2.45) is 29.6 Å². The number of rotatable bonds is 6. The number of hydrogen-bond acceptors (Lipinski definition) is 7. The smallest absolute Gasteiger partial charge is 0.418 e. The lowest BCUT2D eigenvalue weighted by molar-refractivity contribution is -0.137. The first-order valence-electron chi connectivity index (χ1n) is 15.2. The SMILES string of the molecule is O=C(COc1ccc([C@@H]2c3sc(=O)[nH]c3S[C@@H]3[C@@H]4C[C@@H]([C@@H]5C(=O)N(c6ccccc6C(F)(F)F)C(=O)[C@@H]45)[C@H]23)cc1)Nc1ccc(F)cc1. The number of carbonyl (C=O) groups excluding carboxylic acids is 3. The van der Waals surface area contributed by atoms with Crippen LogP contribution < -0.4 is 19.8 Å². The molecule has 8 rings (SSSR count). The number of aromatic nitrogens is 1. The number of nitrogens with zero attached hydrogens (tertiary/aromatic N) is 1. The zero-order chi connectivity index (χ0) is 33.5. The zero-order valence-electron chi connectivity index (χ0n) is 24.7. The lowest BCUT2D eigenvalue weighted by Gasteiger charge is -2.43. The summed E-state index contributed by atoms with van der Waals surface area (Å²) >= 11 is 2.58. The van der Waals surface area contributed by atoms with E-state index in [2.05, 4.69) is 10.3 Å². The minimum Gasteiger partial charge on any atom is -0.484 e. The van der Waals surface area contributed by atoms with Crippen molar-refractivity contribution in [1.29, 1.82) is 0 Å². The van der Waals surface area contributed by atoms with Gasteiger partial charge in [0.1, 0.15) is 11.6 Å². The standard InChI is InChI=1S/C34H25F4N3O5S2/c35-16-7-9-17(10-8-16)39-23(42)14-46-18-11-5-15(6-12-18)24-25-19-13-20(28(25)47-30-29(24)48-33(45)40-30)27-26(19)31(43)41(32(27)44)22-4-2-1-3-21(22)34(36,37)38/h1-12,19-20,24-28H,13-14H2,(H,39,42)(H,40,45)/t19-,20-,24+,25-,26+,27+,28-/m1/s1. The number of amides is 3. The van der Waals surface area contributed by atoms with E-state index in [0.29, 0.717) is 22.9 Å². The van der Waals surface area contributed by atoms with E-state index in [9.17, 15) is 36.7 Å². The fourth-order valence-corrected chi connectivity index (χ4v) is 11.1. The Labute approximate surface area is 278 Å². The predicted molar refractivity (Wildman–Crippen MR) is 169 cm³/mol. The number of anilines is 2. The lowest BCUT2D eigenvalue weighted by Crippen LogP contribution is -2.42. The number of thiazole rings is 1. The van der Waals surface area contributed by atoms with Crippen molar-refractivity contribution in [3.8, 4) is 5.75 Å². The van der Waals surface area contributed by atoms with Crippen LogP contribution in [0.15, 0.2) is 82.6 Å². The van der Waals surface area contributed by atoms with Gasteiger partial charge < -0.3 is 15.0 Å². The maximum atomic E-state index is 13.9. The van der Waals surface area contributed by atoms with Gasteiger partial charge in [-0.25, -0.2) is 9.29 Å². The summed E-state index contributed by atoms with van der Waals surface area (Å²) in [6.07, 6.45) is -4.16. The van der Waals surface area contributed by atoms with Gasteiger partial charge in [0.15, 0.2) is 6.61 Å². The Bertz CT molecular complexity index is 2010. The number of thioether (sulfide) groups is 1. The molecule has 7 atom stereocenters. The Hall–Kier alpha value is -4.43. The Morgan fingerprint density at radius 1 is 0.938 bits per heavy atom. The topological polar surface area (TPSA) is 109 Å². The molecule has 3 amide bonds. The summed E-state index contributed by atoms with van der Waals surface area (Å²) in [6.45, 7) is -0.290. The van der Waals surface area contributed by atoms with Crippen LogP contribution in [-0.4, -0.2) is 34.6 Å². The van der Waals surface area contributed by atoms with Crippen molar-refractivity contribution in [2.75, 3.05) is 16.8 Å². The molecule has 0 radical (unpaired) electrons. The van der Waals surface area contributed by atoms with Gasteiger partial charge >= 0.3 is 11.0 Å². The van der Waals surface area contributed by atoms with Gasteiger partial charge in [0.05, 0.1) is 28.1 Å². The number of ether oxygens (including phenoxy) is 1. The van der Waals surface area contributed by atoms with Gasteiger partial charge in [-0.3, -0.25) is 19.2 Å². The third kappa shape index (κ3) is 4.95. The number of fused-ring (bicyclic) bond motifs is 9. The predicted octanol–water partition coefficient (Wildman–Crippen LogP) is 6.29. The molecule has 4 aliphatic rings. The molecule has 2 aliphatic carbocycles. The van der Waals surface area contributed by atoms with Gasteiger partial charge in [0, 0.05) is 21.7 Å². The van der Waals surface area contributed by atoms with E-state index in [-0.39, 0.29) is 40.4 Å². The zero-order valence-corrected chi connectivity index (χ0v) is 26.3. The number of aromatic amines is 1. The molecule has 0 spiro atoms. The molecule has 2 saturated carbocycles. The van der Waals surface area contributed by atoms with Crippen LogP contribution in [0.5, 0.6) is 5.75 Å². The fraction of sp³-hybridized carbons (Fsp3) is 0.294. The fourth-order valence-electron chi connectivity index (χ4n) is 8.19. The average molecular weight is 696 g/mol. The van der Waals surface area contributed by atoms with Crippen molar-refractivity contribution in [1.82, 2.24) is 4.98 Å². The summed E-state index contributed by atoms with van der Waals surface area (Å²) in [4.78, 5) is 57.0. The van der Waals surface area contributed by atoms with Crippen LogP contribution in [0.1, 0.15) is 28.3 Å². The number of imide groups is 1. The average Bonchev–Trinajstić information content (AvgIpc) is 3.80. The Morgan fingerprint density at radius 2 is 1.62 bits per heavy atom. The molecule has 3 aromatic carbocycles. The largest absolute Gasteiger partial charge is 0.484 e. The molecule has 246 valence electrons. The van der Waals surface area contributed by atoms with Crippen LogP contribution in [0.2, 0.25) is 0 Å². The number of hydrogen-bond donors (Lipinski definition) is 2. The molecule has 14 heteroatoms. The second-order valence-electron chi connectivity index (χ2n) is 12.4. The number of H-pyrrole nitrogens is 1. The van der Waals surface area contributed by atoms with E-state index in [0.717, 1.165) is 32.7 Å². The van der Waals surface area contributed by atoms with Crippen molar-refractivity contribution >= 4 is 52.2 Å². The normalized spacial score (nSPS) is 27.1. The van der Waals surface area contributed by atoms with Crippen LogP contribution in [0.25, 0.3) is 0 Å². The van der Waals surface area contributed by atoms with Crippen molar-refractivity contribution < 1.29 is 36.7 Å². The van der Waals surface area contributed by atoms with Gasteiger partial charge in [0.25, 0.3) is 5.91 Å². The third-order valence-corrected chi connectivity index (χ3v) is 12.5. The van der Waals surface area contributed by atoms with Crippen molar-refractivity contribution in [2.45, 2.75) is 28.8 Å². The molecule has 1 saturated heterocycles. The van der Waals surface area contributed by atoms with Crippen LogP contribution in [0.4, 0.5) is 28.9 Å². The highest BCUT2D eigenvalue weighted by Crippen LogP contribution is 2.68. The number of benzene rings is 3. The lowest BCUT2D eigenvalue weighted by atomic mass is 9.68. The van der Waals surface area contributed by atoms with E-state index in [1.165, 1.54) is 54.2 Å². The molecule has 2 bridgehead atoms. The third-order valence-electron chi connectivity index (χ3n) is 9.91. The minimum absolute atomic E-state index is 0.139. The van der Waals surface area contributed by atoms with Crippen LogP contribution in [0.3, 0.4) is 0 Å². The van der Waals surface area contributed by atoms with E-state index in [1.54, 1.807) is 12.1 Å². The molecular weight excluding hydrogens is 671 g/mol. The maximum Gasteiger partial charge on any atom is 0.418 e. The summed E-state index contributed by atoms with van der Waals surface area (Å²) in [7, 11) is 0. The molecule has 1 aromatic heterocycles. The Balaban J connectivity index is 1.07. The summed E-state index contributed by atoms with van der Waals surface area (Å²) < 4.78 is 60.6. The molecule has 0 unspecified atom stereocenters. The number of para-hydroxylation sites is 1. The highest BCUT2D eigenvalue weighted by atomic mass is 32.2. The molecule has 8 nitrogen and oxygen atoms in total. The van der Waals surface area contributed by atoms with Crippen LogP contribution >= 0.6 is 23.1 Å². The molecule has 3 fully saturated rings. The molecule has 48 heavy (non-hydrogen) atoms. The van der Waals surface area contributed by atoms with Gasteiger partial charge in [-0.1, -0.05) is 35.6 Å². The summed E-state index contributed by atoms with van der Waals surface area (Å²) in [6, 6.07) is 17.1. The summed E-state index contributed by atoms with van der Waals surface area (Å²) in [5, 5.41) is 3.19. The summed E-state index contributed by atoms with van der Waals surface area (Å²) in [5.41, 5.74) is -0.190. The van der Waals surface area contributed by atoms with E-state index < -0.39 is 52.8 Å². The number of carbonyl (C=O) groups is 3. The monoisotopic (exact) mass is 695 g/mol. The van der Waals surface area contributed by atoms with E-state index >= 15 is 0 Å². The quantitative estimate of drug-likeness (QED) is 0.181. The molecular formula is C34H25F4N3O5S2. The van der Waals surface area contributed by atoms with Gasteiger partial charge in [-0.2, -0.15) is 13.2 Å². The van der Waals surface area contributed by atoms with E-state index in [1.807, 2.05) is 12.1 Å². The van der Waals surface area contributed by atoms with Gasteiger partial charge in [-0.15, -0.1) is 11.8 Å². The second kappa shape index (κ2) is 11.3. The molecule has 2 aliphatic heterocycles. The first-order valence-corrected chi connectivity index (χ1v) is 16.9. The van der Waals surface area contributed by atoms with Gasteiger partial charge in [-0.05, 0) is 78.3 Å². The summed E-state index contributed by atoms with van der Waals surface area (Å²) in [5.74, 6) is -4.12. The molecule has 3 heterocycles. The highest BCUT2D eigenvalue weighted by Gasteiger charge is 2.70. The molecule has 2 N–H and O–H groups in total. The Morgan fingerprint density at radius 3 is 2.33 bits per heavy atom. The van der Waals surface area contributed by atoms with Crippen LogP contribution in [-0.2, 0) is 20.6 Å². The van der Waals surface area contributed by atoms with Crippen molar-refractivity contribution in [3.05, 3.63) is 104 Å². The maximum absolute atomic E-state index is 13.9. The van der Waals surface area contributed by atoms with Gasteiger partial charge in [0.2, 0.25) is 11.8 Å². The first-order chi connectivity index (χ1) is 23.0. The number of halogens is 4. The van der Waals surface area contributed by atoms with Crippen LogP contribution in [0, 0.1) is 35.4 Å². The number of nitrogens with one attached hydrogen (secondary N) is 2. The molecule has 4 aromatic rings. The second-order valence-corrected chi connectivity index (χ2v) is 14.6. The number of alkyl halides is 3. The first kappa shape index (κ1) is 30.9.